The van der Waals surface area contributed by atoms with Crippen molar-refractivity contribution in [2.45, 2.75) is 127 Å². The number of amides is 2. The molecule has 5 aliphatic rings. The molecule has 0 radical (unpaired) electrons. The molecule has 6 aromatic rings. The van der Waals surface area contributed by atoms with Crippen molar-refractivity contribution in [2.24, 2.45) is 5.41 Å². The first-order valence-electron chi connectivity index (χ1n) is 26.1. The molecule has 17 nitrogen and oxygen atoms in total. The zero-order chi connectivity index (χ0) is 56.2. The van der Waals surface area contributed by atoms with Crippen molar-refractivity contribution >= 4 is 50.5 Å². The van der Waals surface area contributed by atoms with Gasteiger partial charge in [0.2, 0.25) is 5.82 Å². The first-order valence-corrected chi connectivity index (χ1v) is 28.4. The first-order chi connectivity index (χ1) is 37.4. The van der Waals surface area contributed by atoms with Gasteiger partial charge in [0.25, 0.3) is 11.5 Å². The highest BCUT2D eigenvalue weighted by molar-refractivity contribution is 8.77. The van der Waals surface area contributed by atoms with Crippen LogP contribution >= 0.6 is 21.6 Å². The summed E-state index contributed by atoms with van der Waals surface area (Å²) in [5, 5.41) is 46.9. The van der Waals surface area contributed by atoms with Crippen LogP contribution in [0.1, 0.15) is 127 Å². The van der Waals surface area contributed by atoms with Crippen LogP contribution in [0.3, 0.4) is 0 Å². The van der Waals surface area contributed by atoms with Gasteiger partial charge in [0.15, 0.2) is 11.4 Å². The van der Waals surface area contributed by atoms with Crippen molar-refractivity contribution in [1.29, 1.82) is 0 Å². The third-order valence-corrected chi connectivity index (χ3v) is 19.7. The third kappa shape index (κ3) is 9.76. The largest absolute Gasteiger partial charge is 0.508 e. The number of carbonyl (C=O) groups excluding carboxylic acids is 3. The van der Waals surface area contributed by atoms with E-state index in [1.54, 1.807) is 53.6 Å². The molecular weight excluding hydrogens is 1070 g/mol. The number of hydrogen-bond donors (Lipinski definition) is 5. The summed E-state index contributed by atoms with van der Waals surface area (Å²) in [6.07, 6.45) is -2.33. The van der Waals surface area contributed by atoms with Gasteiger partial charge in [-0.25, -0.2) is 19.0 Å². The number of nitrogens with zero attached hydrogens (tertiary/aromatic N) is 6. The number of likely N-dealkylation sites (tertiary alicyclic amines) is 1. The number of pyridine rings is 2. The summed E-state index contributed by atoms with van der Waals surface area (Å²) in [5.41, 5.74) is 3.96. The predicted molar refractivity (Wildman–Crippen MR) is 287 cm³/mol. The molecule has 6 heterocycles. The molecule has 3 aliphatic heterocycles. The second-order valence-corrected chi connectivity index (χ2v) is 25.7. The number of rotatable bonds is 14. The molecular formula is C56H58F4N8O9S2. The summed E-state index contributed by atoms with van der Waals surface area (Å²) in [4.78, 5) is 60.9. The molecule has 0 unspecified atom stereocenters. The fraction of sp³-hybridized carbons (Fsp3) is 0.446. The molecule has 416 valence electrons. The average molecular weight is 1130 g/mol. The zero-order valence-electron chi connectivity index (χ0n) is 44.1. The Labute approximate surface area is 458 Å². The number of halogens is 4. The summed E-state index contributed by atoms with van der Waals surface area (Å²) < 4.78 is 68.3. The number of phenols is 2. The van der Waals surface area contributed by atoms with Crippen molar-refractivity contribution < 1.29 is 56.7 Å². The molecule has 3 aromatic carbocycles. The van der Waals surface area contributed by atoms with Crippen LogP contribution in [0.5, 0.6) is 11.5 Å². The van der Waals surface area contributed by atoms with Crippen molar-refractivity contribution in [2.75, 3.05) is 26.2 Å². The predicted octanol–water partition coefficient (Wildman–Crippen LogP) is 9.14. The minimum Gasteiger partial charge on any atom is -0.508 e. The Balaban J connectivity index is 0.703. The lowest BCUT2D eigenvalue weighted by molar-refractivity contribution is -0.172. The molecule has 0 bridgehead atoms. The van der Waals surface area contributed by atoms with Crippen LogP contribution in [0.4, 0.5) is 22.4 Å². The molecule has 5 N–H and O–H groups in total. The van der Waals surface area contributed by atoms with Crippen LogP contribution in [0.15, 0.2) is 53.3 Å². The highest BCUT2D eigenvalue weighted by Crippen LogP contribution is 2.57. The van der Waals surface area contributed by atoms with Gasteiger partial charge >= 0.3 is 18.2 Å². The molecule has 79 heavy (non-hydrogen) atoms. The fourth-order valence-electron chi connectivity index (χ4n) is 11.9. The number of aromatic nitrogens is 5. The van der Waals surface area contributed by atoms with Crippen LogP contribution in [-0.4, -0.2) is 105 Å². The van der Waals surface area contributed by atoms with E-state index in [1.807, 2.05) is 45.1 Å². The van der Waals surface area contributed by atoms with Gasteiger partial charge in [-0.05, 0) is 116 Å². The van der Waals surface area contributed by atoms with Crippen LogP contribution in [0, 0.1) is 18.2 Å². The van der Waals surface area contributed by atoms with Crippen molar-refractivity contribution in [3.63, 3.8) is 0 Å². The van der Waals surface area contributed by atoms with E-state index >= 15 is 4.39 Å². The topological polar surface area (TPSA) is 223 Å². The number of aryl methyl sites for hydroxylation is 1. The normalized spacial score (nSPS) is 19.4. The number of fused-ring (bicyclic) bond motifs is 5. The number of ether oxygens (including phenoxy) is 2. The van der Waals surface area contributed by atoms with Crippen molar-refractivity contribution in [3.05, 3.63) is 115 Å². The summed E-state index contributed by atoms with van der Waals surface area (Å²) in [6, 6.07) is 12.3. The smallest absolute Gasteiger partial charge is 0.407 e. The number of alkyl halides is 3. The Morgan fingerprint density at radius 2 is 1.73 bits per heavy atom. The summed E-state index contributed by atoms with van der Waals surface area (Å²) in [7, 11) is 3.46. The van der Waals surface area contributed by atoms with Gasteiger partial charge in [-0.3, -0.25) is 19.1 Å². The quantitative estimate of drug-likeness (QED) is 0.0389. The highest BCUT2D eigenvalue weighted by atomic mass is 33.1. The number of hydrogen-bond acceptors (Lipinski definition) is 15. The molecule has 2 atom stereocenters. The Bertz CT molecular complexity index is 3570. The molecule has 11 rings (SSSR count). The third-order valence-electron chi connectivity index (χ3n) is 16.0. The minimum absolute atomic E-state index is 0.00151. The zero-order valence-corrected chi connectivity index (χ0v) is 45.8. The number of phenolic OH excluding ortho intramolecular Hbond substituents is 2. The van der Waals surface area contributed by atoms with Crippen LogP contribution < -0.4 is 16.2 Å². The van der Waals surface area contributed by atoms with Crippen LogP contribution in [0.2, 0.25) is 0 Å². The van der Waals surface area contributed by atoms with Crippen LogP contribution in [0.25, 0.3) is 39.4 Å². The van der Waals surface area contributed by atoms with Crippen molar-refractivity contribution in [1.82, 2.24) is 39.8 Å². The maximum atomic E-state index is 15.5. The Morgan fingerprint density at radius 3 is 2.43 bits per heavy atom. The lowest BCUT2D eigenvalue weighted by atomic mass is 9.63. The SMILES string of the molecule is CC[C@@]1(O)C(=O)OCc2c1cc1n(c2=O)Cc2c-1nc1cc(F)c(C)c3c1c2[C@@H](NC(=O)OCC(C)(C)SSC1CC2(C1)CN(Cc1ccc(-n4c(C(=O)NCC(F)(F)F)nnc4-c4cc(C(C)C)c(O)cc4O)cc1)C2)CC3. The molecule has 1 saturated heterocycles. The van der Waals surface area contributed by atoms with E-state index < -0.39 is 64.3 Å². The van der Waals surface area contributed by atoms with Gasteiger partial charge in [0.1, 0.15) is 37.1 Å². The number of benzene rings is 3. The molecule has 2 aliphatic carbocycles. The van der Waals surface area contributed by atoms with Gasteiger partial charge in [0.05, 0.1) is 45.4 Å². The summed E-state index contributed by atoms with van der Waals surface area (Å²) >= 11 is 0. The van der Waals surface area contributed by atoms with E-state index in [9.17, 15) is 47.7 Å². The van der Waals surface area contributed by atoms with Gasteiger partial charge in [0, 0.05) is 59.2 Å². The lowest BCUT2D eigenvalue weighted by Gasteiger charge is -2.59. The molecule has 2 amide bonds. The maximum absolute atomic E-state index is 15.5. The minimum atomic E-state index is -4.66. The van der Waals surface area contributed by atoms with E-state index in [-0.39, 0.29) is 71.5 Å². The van der Waals surface area contributed by atoms with E-state index in [2.05, 4.69) is 20.4 Å². The van der Waals surface area contributed by atoms with Crippen molar-refractivity contribution in [3.8, 4) is 40.0 Å². The Morgan fingerprint density at radius 1 is 1.00 bits per heavy atom. The first kappa shape index (κ1) is 54.3. The van der Waals surface area contributed by atoms with Gasteiger partial charge in [-0.15, -0.1) is 10.2 Å². The maximum Gasteiger partial charge on any atom is 0.407 e. The molecule has 1 saturated carbocycles. The van der Waals surface area contributed by atoms with E-state index in [0.29, 0.717) is 63.9 Å². The second-order valence-electron chi connectivity index (χ2n) is 22.5. The number of aromatic hydroxyl groups is 2. The standard InChI is InChI=1S/C56H58F4N8O9S2/c1-7-55(75)37-15-41-46-35(21-67(41)50(72)36(37)22-76-51(55)73)45-39(13-12-32-28(4)38(57)16-40(62-46)44(32)45)63-52(74)77-26-53(5,6)79-78-31-18-54(19-31)24-66(25-54)20-29-8-10-30(11-9-29)68-47(34-14-33(27(2)3)42(69)17-43(34)70)64-65-48(68)49(71)61-23-56(58,59)60/h8-11,14-17,27,31,39,69-70,75H,7,12-13,18-26H2,1-6H3,(H,61,71)(H,63,74)/t39-,55-/m0/s1. The fourth-order valence-corrected chi connectivity index (χ4v) is 15.0. The lowest BCUT2D eigenvalue weighted by Crippen LogP contribution is -2.62. The number of carbonyl (C=O) groups is 3. The average Bonchev–Trinajstić information content (AvgIpc) is 4.10. The number of aliphatic hydroxyl groups is 1. The van der Waals surface area contributed by atoms with E-state index in [0.717, 1.165) is 54.1 Å². The number of alkyl carbamates (subject to hydrolysis) is 1. The Kier molecular flexibility index (Phi) is 13.6. The molecule has 2 fully saturated rings. The van der Waals surface area contributed by atoms with Gasteiger partial charge < -0.3 is 40.0 Å². The van der Waals surface area contributed by atoms with E-state index in [4.69, 9.17) is 14.5 Å². The Hall–Kier alpha value is -6.69. The molecule has 1 spiro atoms. The number of nitrogens with one attached hydrogen (secondary N) is 2. The highest BCUT2D eigenvalue weighted by Gasteiger charge is 2.53. The van der Waals surface area contributed by atoms with E-state index in [1.165, 1.54) is 21.3 Å². The second kappa shape index (κ2) is 19.8. The number of esters is 1. The monoisotopic (exact) mass is 1130 g/mol. The van der Waals surface area contributed by atoms with Crippen LogP contribution in [-0.2, 0) is 46.0 Å². The number of cyclic esters (lactones) is 1. The van der Waals surface area contributed by atoms with Gasteiger partial charge in [-0.1, -0.05) is 54.5 Å². The molecule has 3 aromatic heterocycles. The summed E-state index contributed by atoms with van der Waals surface area (Å²) in [6.45, 7) is 11.9. The van der Waals surface area contributed by atoms with Gasteiger partial charge in [-0.2, -0.15) is 13.2 Å². The summed E-state index contributed by atoms with van der Waals surface area (Å²) in [5.74, 6) is -3.43. The molecule has 23 heteroatoms.